The molecule has 1 heterocycles. The van der Waals surface area contributed by atoms with E-state index in [0.29, 0.717) is 16.0 Å². The van der Waals surface area contributed by atoms with E-state index in [4.69, 9.17) is 13.9 Å². The van der Waals surface area contributed by atoms with Gasteiger partial charge in [-0.15, -0.1) is 0 Å². The fraction of sp³-hybridized carbons (Fsp3) is 0.250. The normalized spacial score (nSPS) is 11.6. The van der Waals surface area contributed by atoms with Crippen molar-refractivity contribution in [3.8, 4) is 5.75 Å². The number of benzene rings is 1. The van der Waals surface area contributed by atoms with Crippen LogP contribution in [0.15, 0.2) is 45.5 Å². The quantitative estimate of drug-likeness (QED) is 0.778. The van der Waals surface area contributed by atoms with Crippen LogP contribution >= 0.6 is 15.9 Å². The summed E-state index contributed by atoms with van der Waals surface area (Å²) in [5.41, 5.74) is 0.287. The lowest BCUT2D eigenvalue weighted by molar-refractivity contribution is -0.129. The van der Waals surface area contributed by atoms with E-state index in [1.54, 1.807) is 30.3 Å². The molecule has 0 saturated heterocycles. The zero-order chi connectivity index (χ0) is 16.8. The number of amides is 1. The maximum atomic E-state index is 12.2. The van der Waals surface area contributed by atoms with Crippen molar-refractivity contribution in [2.45, 2.75) is 19.6 Å². The molecule has 1 N–H and O–H groups in total. The van der Waals surface area contributed by atoms with Crippen LogP contribution < -0.4 is 10.1 Å². The molecule has 23 heavy (non-hydrogen) atoms. The summed E-state index contributed by atoms with van der Waals surface area (Å²) in [5.74, 6) is 0.118. The molecule has 0 aliphatic heterocycles. The Morgan fingerprint density at radius 3 is 2.78 bits per heavy atom. The maximum absolute atomic E-state index is 12.2. The molecule has 0 saturated carbocycles. The maximum Gasteiger partial charge on any atom is 0.340 e. The van der Waals surface area contributed by atoms with Gasteiger partial charge in [-0.2, -0.15) is 0 Å². The van der Waals surface area contributed by atoms with Crippen LogP contribution in [0.3, 0.4) is 0 Å². The van der Waals surface area contributed by atoms with Gasteiger partial charge in [-0.1, -0.05) is 0 Å². The van der Waals surface area contributed by atoms with Crippen molar-refractivity contribution in [3.05, 3.63) is 52.4 Å². The number of hydrogen-bond acceptors (Lipinski definition) is 5. The lowest BCUT2D eigenvalue weighted by atomic mass is 10.2. The van der Waals surface area contributed by atoms with Gasteiger partial charge in [-0.05, 0) is 53.2 Å². The fourth-order valence-corrected chi connectivity index (χ4v) is 2.20. The van der Waals surface area contributed by atoms with Gasteiger partial charge in [-0.25, -0.2) is 4.79 Å². The van der Waals surface area contributed by atoms with Gasteiger partial charge in [0, 0.05) is 4.47 Å². The molecule has 0 unspecified atom stereocenters. The van der Waals surface area contributed by atoms with Gasteiger partial charge < -0.3 is 19.2 Å². The molecule has 0 radical (unpaired) electrons. The van der Waals surface area contributed by atoms with Gasteiger partial charge in [0.2, 0.25) is 0 Å². The number of nitrogens with one attached hydrogen (secondary N) is 1. The number of rotatable bonds is 6. The summed E-state index contributed by atoms with van der Waals surface area (Å²) in [7, 11) is 1.50. The number of furan rings is 1. The molecule has 122 valence electrons. The van der Waals surface area contributed by atoms with Crippen LogP contribution in [0.1, 0.15) is 23.0 Å². The van der Waals surface area contributed by atoms with Crippen molar-refractivity contribution in [1.29, 1.82) is 0 Å². The first-order chi connectivity index (χ1) is 11.0. The molecule has 2 rings (SSSR count). The van der Waals surface area contributed by atoms with Gasteiger partial charge >= 0.3 is 5.97 Å². The largest absolute Gasteiger partial charge is 0.497 e. The number of methoxy groups -OCH3 is 1. The van der Waals surface area contributed by atoms with Gasteiger partial charge in [0.25, 0.3) is 5.91 Å². The molecular weight excluding hydrogens is 366 g/mol. The van der Waals surface area contributed by atoms with Gasteiger partial charge in [-0.3, -0.25) is 4.79 Å². The number of hydrogen-bond donors (Lipinski definition) is 1. The third kappa shape index (κ3) is 4.59. The van der Waals surface area contributed by atoms with Crippen molar-refractivity contribution in [3.63, 3.8) is 0 Å². The van der Waals surface area contributed by atoms with E-state index in [1.807, 2.05) is 0 Å². The number of carbonyl (C=O) groups is 2. The Morgan fingerprint density at radius 2 is 2.13 bits per heavy atom. The number of carbonyl (C=O) groups excluding carboxylic acids is 2. The third-order valence-corrected chi connectivity index (χ3v) is 3.75. The first-order valence-corrected chi connectivity index (χ1v) is 7.65. The lowest BCUT2D eigenvalue weighted by Gasteiger charge is -2.14. The Labute approximate surface area is 141 Å². The Morgan fingerprint density at radius 1 is 1.35 bits per heavy atom. The Hall–Kier alpha value is -2.28. The van der Waals surface area contributed by atoms with Crippen molar-refractivity contribution in [1.82, 2.24) is 5.32 Å². The van der Waals surface area contributed by atoms with E-state index in [0.717, 1.165) is 0 Å². The molecule has 1 aromatic carbocycles. The van der Waals surface area contributed by atoms with E-state index >= 15 is 0 Å². The Bertz CT molecular complexity index is 684. The highest BCUT2D eigenvalue weighted by Crippen LogP contribution is 2.23. The van der Waals surface area contributed by atoms with Crippen LogP contribution in [0.25, 0.3) is 0 Å². The van der Waals surface area contributed by atoms with Crippen molar-refractivity contribution in [2.75, 3.05) is 7.11 Å². The van der Waals surface area contributed by atoms with Crippen LogP contribution in [0, 0.1) is 0 Å². The summed E-state index contributed by atoms with van der Waals surface area (Å²) in [6.45, 7) is 1.74. The molecule has 0 fully saturated rings. The summed E-state index contributed by atoms with van der Waals surface area (Å²) in [4.78, 5) is 24.1. The predicted octanol–water partition coefficient (Wildman–Crippen LogP) is 2.91. The second-order valence-electron chi connectivity index (χ2n) is 4.69. The minimum Gasteiger partial charge on any atom is -0.497 e. The smallest absolute Gasteiger partial charge is 0.340 e. The van der Waals surface area contributed by atoms with Crippen LogP contribution in [0.5, 0.6) is 5.75 Å². The van der Waals surface area contributed by atoms with Crippen LogP contribution in [0.2, 0.25) is 0 Å². The van der Waals surface area contributed by atoms with E-state index in [2.05, 4.69) is 21.2 Å². The molecule has 0 aliphatic rings. The average Bonchev–Trinajstić information content (AvgIpc) is 3.06. The predicted molar refractivity (Wildman–Crippen MR) is 86.1 cm³/mol. The second kappa shape index (κ2) is 7.82. The molecule has 2 aromatic rings. The lowest BCUT2D eigenvalue weighted by Crippen LogP contribution is -2.35. The number of halogens is 1. The van der Waals surface area contributed by atoms with E-state index in [-0.39, 0.29) is 12.1 Å². The van der Waals surface area contributed by atoms with Gasteiger partial charge in [0.1, 0.15) is 11.5 Å². The van der Waals surface area contributed by atoms with Crippen molar-refractivity contribution in [2.24, 2.45) is 0 Å². The Balaban J connectivity index is 1.94. The minimum atomic E-state index is -0.935. The minimum absolute atomic E-state index is 0.233. The van der Waals surface area contributed by atoms with Crippen LogP contribution in [-0.2, 0) is 16.1 Å². The zero-order valence-electron chi connectivity index (χ0n) is 12.7. The first kappa shape index (κ1) is 17.1. The standard InChI is InChI=1S/C16H16BrNO5/c1-10(15(19)18-9-12-4-3-7-22-12)23-16(20)13-8-11(21-2)5-6-14(13)17/h3-8,10H,9H2,1-2H3,(H,18,19)/t10-/m0/s1. The summed E-state index contributed by atoms with van der Waals surface area (Å²) < 4.78 is 15.9. The number of esters is 1. The van der Waals surface area contributed by atoms with Crippen LogP contribution in [0.4, 0.5) is 0 Å². The topological polar surface area (TPSA) is 77.8 Å². The van der Waals surface area contributed by atoms with Gasteiger partial charge in [0.15, 0.2) is 6.10 Å². The molecule has 0 aliphatic carbocycles. The summed E-state index contributed by atoms with van der Waals surface area (Å²) >= 11 is 3.27. The molecule has 0 bridgehead atoms. The molecular formula is C16H16BrNO5. The molecule has 1 aromatic heterocycles. The first-order valence-electron chi connectivity index (χ1n) is 6.86. The summed E-state index contributed by atoms with van der Waals surface area (Å²) in [5, 5.41) is 2.63. The Kier molecular flexibility index (Phi) is 5.81. The van der Waals surface area contributed by atoms with Crippen molar-refractivity contribution < 1.29 is 23.5 Å². The van der Waals surface area contributed by atoms with Gasteiger partial charge in [0.05, 0.1) is 25.5 Å². The van der Waals surface area contributed by atoms with E-state index in [1.165, 1.54) is 20.3 Å². The molecule has 0 spiro atoms. The molecule has 6 nitrogen and oxygen atoms in total. The monoisotopic (exact) mass is 381 g/mol. The third-order valence-electron chi connectivity index (χ3n) is 3.06. The van der Waals surface area contributed by atoms with Crippen molar-refractivity contribution >= 4 is 27.8 Å². The average molecular weight is 382 g/mol. The summed E-state index contributed by atoms with van der Waals surface area (Å²) in [6, 6.07) is 8.40. The molecule has 1 atom stereocenters. The van der Waals surface area contributed by atoms with E-state index < -0.39 is 18.0 Å². The zero-order valence-corrected chi connectivity index (χ0v) is 14.3. The highest BCUT2D eigenvalue weighted by Gasteiger charge is 2.21. The highest BCUT2D eigenvalue weighted by molar-refractivity contribution is 9.10. The second-order valence-corrected chi connectivity index (χ2v) is 5.54. The number of ether oxygens (including phenoxy) is 2. The SMILES string of the molecule is COc1ccc(Br)c(C(=O)O[C@@H](C)C(=O)NCc2ccco2)c1. The van der Waals surface area contributed by atoms with Crippen LogP contribution in [-0.4, -0.2) is 25.1 Å². The fourth-order valence-electron chi connectivity index (χ4n) is 1.80. The molecule has 1 amide bonds. The van der Waals surface area contributed by atoms with E-state index in [9.17, 15) is 9.59 Å². The highest BCUT2D eigenvalue weighted by atomic mass is 79.9. The molecule has 7 heteroatoms. The summed E-state index contributed by atoms with van der Waals surface area (Å²) in [6.07, 6.45) is 0.584.